The maximum absolute atomic E-state index is 12.7. The molecule has 2 N–H and O–H groups in total. The Morgan fingerprint density at radius 3 is 2.58 bits per heavy atom. The molecule has 2 amide bonds. The topological polar surface area (TPSA) is 102 Å². The van der Waals surface area contributed by atoms with E-state index < -0.39 is 0 Å². The van der Waals surface area contributed by atoms with Gasteiger partial charge in [-0.15, -0.1) is 10.2 Å². The van der Waals surface area contributed by atoms with Gasteiger partial charge < -0.3 is 10.6 Å². The zero-order valence-corrected chi connectivity index (χ0v) is 21.0. The summed E-state index contributed by atoms with van der Waals surface area (Å²) in [6, 6.07) is 24.7. The van der Waals surface area contributed by atoms with Crippen LogP contribution in [-0.4, -0.2) is 37.3 Å². The molecule has 0 unspecified atom stereocenters. The van der Waals surface area contributed by atoms with Gasteiger partial charge in [0.1, 0.15) is 0 Å². The fraction of sp³-hybridized carbons (Fsp3) is 0.115. The molecule has 0 bridgehead atoms. The van der Waals surface area contributed by atoms with Crippen molar-refractivity contribution in [1.82, 2.24) is 25.1 Å². The van der Waals surface area contributed by atoms with Gasteiger partial charge in [-0.05, 0) is 48.9 Å². The van der Waals surface area contributed by atoms with Crippen molar-refractivity contribution in [1.29, 1.82) is 0 Å². The molecule has 0 saturated heterocycles. The first-order valence-corrected chi connectivity index (χ1v) is 13.0. The Balaban J connectivity index is 1.31. The second kappa shape index (κ2) is 10.7. The monoisotopic (exact) mass is 514 g/mol. The number of thiazole rings is 1. The van der Waals surface area contributed by atoms with Gasteiger partial charge in [0.15, 0.2) is 16.1 Å². The zero-order valence-electron chi connectivity index (χ0n) is 19.3. The Labute approximate surface area is 215 Å². The van der Waals surface area contributed by atoms with Crippen molar-refractivity contribution in [3.8, 4) is 5.69 Å². The molecular weight excluding hydrogens is 492 g/mol. The number of fused-ring (bicyclic) bond motifs is 1. The Hall–Kier alpha value is -4.02. The summed E-state index contributed by atoms with van der Waals surface area (Å²) < 4.78 is 2.88. The van der Waals surface area contributed by atoms with Gasteiger partial charge >= 0.3 is 0 Å². The smallest absolute Gasteiger partial charge is 0.251 e. The van der Waals surface area contributed by atoms with Crippen LogP contribution in [0, 0.1) is 6.92 Å². The molecule has 0 saturated carbocycles. The normalized spacial score (nSPS) is 10.9. The highest BCUT2D eigenvalue weighted by Crippen LogP contribution is 2.27. The standard InChI is InChI=1S/C26H22N6O2S2/c1-17-8-7-11-19(14-17)32-22(15-27-24(34)18-9-3-2-4-10-18)30-31-26(32)35-16-23(33)29-25-28-20-12-5-6-13-21(20)36-25/h2-14H,15-16H2,1H3,(H,27,34)(H,28,29,33). The van der Waals surface area contributed by atoms with Crippen molar-refractivity contribution in [2.45, 2.75) is 18.6 Å². The number of aromatic nitrogens is 4. The van der Waals surface area contributed by atoms with Gasteiger partial charge in [-0.2, -0.15) is 0 Å². The molecule has 0 fully saturated rings. The summed E-state index contributed by atoms with van der Waals surface area (Å²) in [5.74, 6) is 0.325. The second-order valence-corrected chi connectivity index (χ2v) is 9.92. The Morgan fingerprint density at radius 1 is 0.972 bits per heavy atom. The number of para-hydroxylation sites is 1. The molecule has 180 valence electrons. The van der Waals surface area contributed by atoms with Crippen LogP contribution in [0.15, 0.2) is 84.0 Å². The maximum atomic E-state index is 12.7. The molecule has 5 rings (SSSR count). The Kier molecular flexibility index (Phi) is 7.06. The lowest BCUT2D eigenvalue weighted by Crippen LogP contribution is -2.24. The number of amides is 2. The number of thioether (sulfide) groups is 1. The lowest BCUT2D eigenvalue weighted by Gasteiger charge is -2.11. The first kappa shape index (κ1) is 23.7. The summed E-state index contributed by atoms with van der Waals surface area (Å²) in [5, 5.41) is 15.5. The Bertz CT molecular complexity index is 1500. The largest absolute Gasteiger partial charge is 0.345 e. The molecule has 36 heavy (non-hydrogen) atoms. The number of aryl methyl sites for hydroxylation is 1. The summed E-state index contributed by atoms with van der Waals surface area (Å²) in [4.78, 5) is 29.7. The van der Waals surface area contributed by atoms with E-state index in [9.17, 15) is 9.59 Å². The van der Waals surface area contributed by atoms with Crippen molar-refractivity contribution in [2.75, 3.05) is 11.1 Å². The van der Waals surface area contributed by atoms with E-state index in [0.29, 0.717) is 21.7 Å². The van der Waals surface area contributed by atoms with Crippen molar-refractivity contribution in [2.24, 2.45) is 0 Å². The average Bonchev–Trinajstić information content (AvgIpc) is 3.49. The molecule has 0 atom stereocenters. The fourth-order valence-electron chi connectivity index (χ4n) is 3.60. The molecule has 0 aliphatic heterocycles. The third-order valence-electron chi connectivity index (χ3n) is 5.28. The summed E-state index contributed by atoms with van der Waals surface area (Å²) in [6.07, 6.45) is 0. The molecule has 2 heterocycles. The number of hydrogen-bond donors (Lipinski definition) is 2. The first-order valence-electron chi connectivity index (χ1n) is 11.2. The van der Waals surface area contributed by atoms with Crippen LogP contribution in [0.25, 0.3) is 15.9 Å². The third kappa shape index (κ3) is 5.45. The fourth-order valence-corrected chi connectivity index (χ4v) is 5.25. The number of nitrogens with zero attached hydrogens (tertiary/aromatic N) is 4. The van der Waals surface area contributed by atoms with Gasteiger partial charge in [0.25, 0.3) is 5.91 Å². The molecule has 5 aromatic rings. The van der Waals surface area contributed by atoms with Crippen molar-refractivity contribution >= 4 is 50.3 Å². The van der Waals surface area contributed by atoms with Crippen LogP contribution in [-0.2, 0) is 11.3 Å². The Morgan fingerprint density at radius 2 is 1.78 bits per heavy atom. The minimum absolute atomic E-state index is 0.135. The van der Waals surface area contributed by atoms with E-state index in [1.807, 2.05) is 78.2 Å². The molecule has 0 spiro atoms. The SMILES string of the molecule is Cc1cccc(-n2c(CNC(=O)c3ccccc3)nnc2SCC(=O)Nc2nc3ccccc3s2)c1. The van der Waals surface area contributed by atoms with Crippen LogP contribution in [0.4, 0.5) is 5.13 Å². The van der Waals surface area contributed by atoms with Crippen molar-refractivity contribution in [3.05, 3.63) is 95.8 Å². The van der Waals surface area contributed by atoms with E-state index in [2.05, 4.69) is 25.8 Å². The minimum Gasteiger partial charge on any atom is -0.345 e. The second-order valence-electron chi connectivity index (χ2n) is 7.95. The number of anilines is 1. The minimum atomic E-state index is -0.196. The summed E-state index contributed by atoms with van der Waals surface area (Å²) in [7, 11) is 0. The van der Waals surface area contributed by atoms with Gasteiger partial charge in [0, 0.05) is 11.3 Å². The van der Waals surface area contributed by atoms with Gasteiger partial charge in [-0.3, -0.25) is 14.2 Å². The molecule has 2 aromatic heterocycles. The number of hydrogen-bond acceptors (Lipinski definition) is 7. The summed E-state index contributed by atoms with van der Waals surface area (Å²) in [5.41, 5.74) is 3.36. The number of carbonyl (C=O) groups excluding carboxylic acids is 2. The highest BCUT2D eigenvalue weighted by Gasteiger charge is 2.18. The quantitative estimate of drug-likeness (QED) is 0.287. The van der Waals surface area contributed by atoms with E-state index in [1.165, 1.54) is 23.1 Å². The first-order chi connectivity index (χ1) is 17.6. The van der Waals surface area contributed by atoms with E-state index in [0.717, 1.165) is 21.5 Å². The van der Waals surface area contributed by atoms with Crippen molar-refractivity contribution < 1.29 is 9.59 Å². The molecule has 0 aliphatic rings. The molecule has 0 aliphatic carbocycles. The van der Waals surface area contributed by atoms with E-state index in [4.69, 9.17) is 0 Å². The molecular formula is C26H22N6O2S2. The van der Waals surface area contributed by atoms with E-state index >= 15 is 0 Å². The summed E-state index contributed by atoms with van der Waals surface area (Å²) in [6.45, 7) is 2.19. The third-order valence-corrected chi connectivity index (χ3v) is 7.16. The van der Waals surface area contributed by atoms with Crippen molar-refractivity contribution in [3.63, 3.8) is 0 Å². The van der Waals surface area contributed by atoms with Gasteiger partial charge in [-0.1, -0.05) is 65.6 Å². The highest BCUT2D eigenvalue weighted by molar-refractivity contribution is 7.99. The maximum Gasteiger partial charge on any atom is 0.251 e. The van der Waals surface area contributed by atoms with Gasteiger partial charge in [0.2, 0.25) is 5.91 Å². The van der Waals surface area contributed by atoms with Crippen LogP contribution in [0.2, 0.25) is 0 Å². The number of rotatable bonds is 8. The summed E-state index contributed by atoms with van der Waals surface area (Å²) >= 11 is 2.71. The van der Waals surface area contributed by atoms with E-state index in [1.54, 1.807) is 12.1 Å². The van der Waals surface area contributed by atoms with Crippen LogP contribution in [0.5, 0.6) is 0 Å². The van der Waals surface area contributed by atoms with Crippen LogP contribution in [0.1, 0.15) is 21.7 Å². The number of nitrogens with one attached hydrogen (secondary N) is 2. The van der Waals surface area contributed by atoms with Crippen LogP contribution in [0.3, 0.4) is 0 Å². The molecule has 10 heteroatoms. The van der Waals surface area contributed by atoms with Gasteiger partial charge in [0.05, 0.1) is 22.5 Å². The molecule has 0 radical (unpaired) electrons. The predicted octanol–water partition coefficient (Wildman–Crippen LogP) is 4.85. The average molecular weight is 515 g/mol. The number of benzene rings is 3. The lowest BCUT2D eigenvalue weighted by atomic mass is 10.2. The zero-order chi connectivity index (χ0) is 24.9. The number of carbonyl (C=O) groups is 2. The van der Waals surface area contributed by atoms with E-state index in [-0.39, 0.29) is 24.1 Å². The highest BCUT2D eigenvalue weighted by atomic mass is 32.2. The van der Waals surface area contributed by atoms with Crippen LogP contribution >= 0.6 is 23.1 Å². The molecule has 8 nitrogen and oxygen atoms in total. The molecule has 3 aromatic carbocycles. The van der Waals surface area contributed by atoms with Crippen LogP contribution < -0.4 is 10.6 Å². The predicted molar refractivity (Wildman–Crippen MR) is 143 cm³/mol. The lowest BCUT2D eigenvalue weighted by molar-refractivity contribution is -0.113. The van der Waals surface area contributed by atoms with Gasteiger partial charge in [-0.25, -0.2) is 4.98 Å².